The molecule has 180 valence electrons. The molecule has 0 aliphatic heterocycles. The third-order valence-corrected chi connectivity index (χ3v) is 5.66. The summed E-state index contributed by atoms with van der Waals surface area (Å²) in [6.45, 7) is 0. The molecule has 0 spiro atoms. The van der Waals surface area contributed by atoms with Crippen LogP contribution in [0.1, 0.15) is 22.3 Å². The lowest BCUT2D eigenvalue weighted by atomic mass is 9.89. The number of nitrogens with one attached hydrogen (secondary N) is 2. The van der Waals surface area contributed by atoms with Gasteiger partial charge in [-0.1, -0.05) is 29.8 Å². The first kappa shape index (κ1) is 25.2. The zero-order valence-electron chi connectivity index (χ0n) is 17.7. The van der Waals surface area contributed by atoms with E-state index < -0.39 is 47.8 Å². The van der Waals surface area contributed by atoms with Crippen molar-refractivity contribution >= 4 is 29.3 Å². The van der Waals surface area contributed by atoms with E-state index in [1.54, 1.807) is 12.1 Å². The molecular formula is C23H23ClFN3O6. The molecule has 7 N–H and O–H groups in total. The molecule has 1 aliphatic carbocycles. The summed E-state index contributed by atoms with van der Waals surface area (Å²) in [5.74, 6) is -2.88. The van der Waals surface area contributed by atoms with Crippen LogP contribution in [0.2, 0.25) is 5.02 Å². The van der Waals surface area contributed by atoms with E-state index in [0.717, 1.165) is 12.1 Å². The van der Waals surface area contributed by atoms with Gasteiger partial charge in [-0.25, -0.2) is 4.39 Å². The zero-order valence-corrected chi connectivity index (χ0v) is 18.5. The van der Waals surface area contributed by atoms with Gasteiger partial charge < -0.3 is 31.7 Å². The normalized spacial score (nSPS) is 20.7. The largest absolute Gasteiger partial charge is 0.508 e. The lowest BCUT2D eigenvalue weighted by Crippen LogP contribution is -2.52. The van der Waals surface area contributed by atoms with Crippen LogP contribution < -0.4 is 16.4 Å². The molecule has 2 aromatic rings. The molecule has 0 unspecified atom stereocenters. The molecule has 0 aromatic heterocycles. The van der Waals surface area contributed by atoms with E-state index in [9.17, 15) is 34.1 Å². The Morgan fingerprint density at radius 1 is 1.12 bits per heavy atom. The van der Waals surface area contributed by atoms with E-state index in [4.69, 9.17) is 17.3 Å². The Balaban J connectivity index is 1.74. The van der Waals surface area contributed by atoms with E-state index in [-0.39, 0.29) is 34.8 Å². The number of hydrogen-bond donors (Lipinski definition) is 6. The summed E-state index contributed by atoms with van der Waals surface area (Å²) in [5.41, 5.74) is 6.09. The Labute approximate surface area is 199 Å². The van der Waals surface area contributed by atoms with Crippen LogP contribution in [-0.4, -0.2) is 57.3 Å². The van der Waals surface area contributed by atoms with Crippen LogP contribution in [0.5, 0.6) is 5.75 Å². The second kappa shape index (κ2) is 10.6. The topological polar surface area (TPSA) is 162 Å². The average molecular weight is 492 g/mol. The number of halogens is 2. The van der Waals surface area contributed by atoms with Gasteiger partial charge in [0.15, 0.2) is 0 Å². The number of amides is 3. The number of hydrogen-bond acceptors (Lipinski definition) is 6. The van der Waals surface area contributed by atoms with Gasteiger partial charge >= 0.3 is 0 Å². The van der Waals surface area contributed by atoms with Crippen molar-refractivity contribution in [3.05, 3.63) is 76.1 Å². The maximum atomic E-state index is 13.4. The summed E-state index contributed by atoms with van der Waals surface area (Å²) in [6, 6.07) is 7.08. The Bertz CT molecular complexity index is 1120. The highest BCUT2D eigenvalue weighted by Gasteiger charge is 2.34. The van der Waals surface area contributed by atoms with Gasteiger partial charge in [0, 0.05) is 24.0 Å². The minimum absolute atomic E-state index is 0.0146. The number of rotatable bonds is 7. The van der Waals surface area contributed by atoms with Gasteiger partial charge in [0.05, 0.1) is 17.2 Å². The SMILES string of the molecule is NC(=O)[C@H](Cc1ccc(O)cc1)NC(=O)C1=C[C@@H](NC(=O)c2ccc(F)c(Cl)c2)[C@@H](O)[C@H](O)C1. The van der Waals surface area contributed by atoms with Gasteiger partial charge in [-0.3, -0.25) is 14.4 Å². The van der Waals surface area contributed by atoms with Crippen molar-refractivity contribution < 1.29 is 34.1 Å². The van der Waals surface area contributed by atoms with Crippen LogP contribution in [0.4, 0.5) is 4.39 Å². The number of benzene rings is 2. The fourth-order valence-corrected chi connectivity index (χ4v) is 3.66. The Morgan fingerprint density at radius 3 is 2.41 bits per heavy atom. The molecule has 0 heterocycles. The number of phenols is 1. The number of nitrogens with two attached hydrogens (primary N) is 1. The molecule has 34 heavy (non-hydrogen) atoms. The lowest BCUT2D eigenvalue weighted by molar-refractivity contribution is -0.125. The molecule has 3 rings (SSSR count). The van der Waals surface area contributed by atoms with Crippen molar-refractivity contribution in [2.24, 2.45) is 5.73 Å². The van der Waals surface area contributed by atoms with Crippen molar-refractivity contribution in [2.75, 3.05) is 0 Å². The Morgan fingerprint density at radius 2 is 1.79 bits per heavy atom. The van der Waals surface area contributed by atoms with Crippen molar-refractivity contribution in [1.29, 1.82) is 0 Å². The molecule has 2 aromatic carbocycles. The first-order valence-corrected chi connectivity index (χ1v) is 10.6. The monoisotopic (exact) mass is 491 g/mol. The third-order valence-electron chi connectivity index (χ3n) is 5.37. The van der Waals surface area contributed by atoms with E-state index >= 15 is 0 Å². The summed E-state index contributed by atoms with van der Waals surface area (Å²) in [5, 5.41) is 34.6. The van der Waals surface area contributed by atoms with Gasteiger partial charge in [0.1, 0.15) is 23.7 Å². The number of aromatic hydroxyl groups is 1. The van der Waals surface area contributed by atoms with Gasteiger partial charge in [-0.2, -0.15) is 0 Å². The van der Waals surface area contributed by atoms with Crippen LogP contribution in [0, 0.1) is 5.82 Å². The minimum Gasteiger partial charge on any atom is -0.508 e. The predicted octanol–water partition coefficient (Wildman–Crippen LogP) is 0.548. The van der Waals surface area contributed by atoms with Crippen LogP contribution in [0.15, 0.2) is 54.1 Å². The molecule has 0 fully saturated rings. The predicted molar refractivity (Wildman–Crippen MR) is 120 cm³/mol. The molecule has 0 radical (unpaired) electrons. The van der Waals surface area contributed by atoms with Crippen LogP contribution in [0.25, 0.3) is 0 Å². The fourth-order valence-electron chi connectivity index (χ4n) is 3.48. The summed E-state index contributed by atoms with van der Waals surface area (Å²) >= 11 is 5.70. The number of aliphatic hydroxyl groups excluding tert-OH is 2. The summed E-state index contributed by atoms with van der Waals surface area (Å²) in [4.78, 5) is 37.2. The molecule has 1 aliphatic rings. The van der Waals surface area contributed by atoms with E-state index in [1.807, 2.05) is 0 Å². The number of primary amides is 1. The third kappa shape index (κ3) is 6.10. The fraction of sp³-hybridized carbons (Fsp3) is 0.261. The molecule has 9 nitrogen and oxygen atoms in total. The summed E-state index contributed by atoms with van der Waals surface area (Å²) in [7, 11) is 0. The van der Waals surface area contributed by atoms with E-state index in [2.05, 4.69) is 10.6 Å². The van der Waals surface area contributed by atoms with Gasteiger partial charge in [-0.15, -0.1) is 0 Å². The number of carbonyl (C=O) groups is 3. The van der Waals surface area contributed by atoms with Gasteiger partial charge in [0.2, 0.25) is 11.8 Å². The van der Waals surface area contributed by atoms with Crippen LogP contribution in [-0.2, 0) is 16.0 Å². The standard InChI is InChI=1S/C23H23ClFN3O6/c24-15-8-12(3-6-16(15)25)22(33)27-17-9-13(10-19(30)20(17)31)23(34)28-18(21(26)32)7-11-1-4-14(29)5-2-11/h1-6,8-9,17-20,29-31H,7,10H2,(H2,26,32)(H,27,33)(H,28,34)/t17-,18+,19-,20-/m1/s1. The molecule has 11 heteroatoms. The maximum Gasteiger partial charge on any atom is 0.251 e. The van der Waals surface area contributed by atoms with Gasteiger partial charge in [0.25, 0.3) is 5.91 Å². The molecular weight excluding hydrogens is 469 g/mol. The average Bonchev–Trinajstić information content (AvgIpc) is 2.79. The maximum absolute atomic E-state index is 13.4. The second-order valence-corrected chi connectivity index (χ2v) is 8.29. The molecule has 3 amide bonds. The zero-order chi connectivity index (χ0) is 25.0. The Kier molecular flexibility index (Phi) is 7.87. The van der Waals surface area contributed by atoms with Crippen molar-refractivity contribution in [3.8, 4) is 5.75 Å². The van der Waals surface area contributed by atoms with Gasteiger partial charge in [-0.05, 0) is 35.9 Å². The number of phenolic OH excluding ortho intramolecular Hbond substituents is 1. The van der Waals surface area contributed by atoms with Crippen molar-refractivity contribution in [1.82, 2.24) is 10.6 Å². The smallest absolute Gasteiger partial charge is 0.251 e. The highest BCUT2D eigenvalue weighted by atomic mass is 35.5. The Hall–Kier alpha value is -3.47. The summed E-state index contributed by atoms with van der Waals surface area (Å²) in [6.07, 6.45) is -1.69. The minimum atomic E-state index is -1.42. The highest BCUT2D eigenvalue weighted by Crippen LogP contribution is 2.22. The van der Waals surface area contributed by atoms with E-state index in [1.165, 1.54) is 24.3 Å². The van der Waals surface area contributed by atoms with Crippen molar-refractivity contribution in [3.63, 3.8) is 0 Å². The van der Waals surface area contributed by atoms with E-state index in [0.29, 0.717) is 5.56 Å². The molecule has 0 saturated heterocycles. The first-order chi connectivity index (χ1) is 16.0. The van der Waals surface area contributed by atoms with Crippen molar-refractivity contribution in [2.45, 2.75) is 37.1 Å². The van der Waals surface area contributed by atoms with Crippen LogP contribution >= 0.6 is 11.6 Å². The molecule has 0 saturated carbocycles. The second-order valence-electron chi connectivity index (χ2n) is 7.88. The van der Waals surface area contributed by atoms with Crippen LogP contribution in [0.3, 0.4) is 0 Å². The molecule has 4 atom stereocenters. The lowest BCUT2D eigenvalue weighted by Gasteiger charge is -2.31. The first-order valence-electron chi connectivity index (χ1n) is 10.3. The summed E-state index contributed by atoms with van der Waals surface area (Å²) < 4.78 is 13.4. The number of carbonyl (C=O) groups excluding carboxylic acids is 3. The number of aliphatic hydroxyl groups is 2. The highest BCUT2D eigenvalue weighted by molar-refractivity contribution is 6.31. The molecule has 0 bridgehead atoms. The quantitative estimate of drug-likeness (QED) is 0.331.